The van der Waals surface area contributed by atoms with Crippen molar-refractivity contribution in [2.75, 3.05) is 11.9 Å². The van der Waals surface area contributed by atoms with Crippen molar-refractivity contribution in [3.05, 3.63) is 29.6 Å². The largest absolute Gasteiger partial charge is 0.376 e. The summed E-state index contributed by atoms with van der Waals surface area (Å²) in [5.41, 5.74) is 8.02. The number of aliphatic imine (C=N–C) groups is 1. The van der Waals surface area contributed by atoms with Gasteiger partial charge in [-0.15, -0.1) is 11.3 Å². The molecule has 0 amide bonds. The minimum atomic E-state index is -0.112. The van der Waals surface area contributed by atoms with Gasteiger partial charge in [0.15, 0.2) is 11.1 Å². The van der Waals surface area contributed by atoms with Crippen LogP contribution in [0.3, 0.4) is 0 Å². The van der Waals surface area contributed by atoms with E-state index in [9.17, 15) is 0 Å². The van der Waals surface area contributed by atoms with E-state index < -0.39 is 0 Å². The molecule has 0 fully saturated rings. The summed E-state index contributed by atoms with van der Waals surface area (Å²) in [4.78, 5) is 8.85. The molecule has 0 atom stereocenters. The Morgan fingerprint density at radius 2 is 2.25 bits per heavy atom. The van der Waals surface area contributed by atoms with Crippen molar-refractivity contribution in [2.45, 2.75) is 32.6 Å². The van der Waals surface area contributed by atoms with Gasteiger partial charge in [-0.1, -0.05) is 38.3 Å². The van der Waals surface area contributed by atoms with E-state index in [1.165, 1.54) is 37.0 Å². The van der Waals surface area contributed by atoms with Crippen molar-refractivity contribution in [3.8, 4) is 11.3 Å². The van der Waals surface area contributed by atoms with Crippen LogP contribution in [0.25, 0.3) is 11.3 Å². The molecule has 0 bridgehead atoms. The maximum absolute atomic E-state index is 7.23. The van der Waals surface area contributed by atoms with E-state index in [2.05, 4.69) is 27.5 Å². The molecule has 0 unspecified atom stereocenters. The van der Waals surface area contributed by atoms with Gasteiger partial charge in [0.1, 0.15) is 0 Å². The second-order valence-electron chi connectivity index (χ2n) is 5.40. The predicted octanol–water partition coefficient (Wildman–Crippen LogP) is 3.95. The van der Waals surface area contributed by atoms with Gasteiger partial charge in [-0.05, 0) is 18.6 Å². The molecule has 24 heavy (non-hydrogen) atoms. The van der Waals surface area contributed by atoms with Crippen molar-refractivity contribution in [1.82, 2.24) is 10.3 Å². The van der Waals surface area contributed by atoms with Crippen LogP contribution in [-0.2, 0) is 0 Å². The zero-order chi connectivity index (χ0) is 17.2. The van der Waals surface area contributed by atoms with Gasteiger partial charge >= 0.3 is 0 Å². The summed E-state index contributed by atoms with van der Waals surface area (Å²) in [6.45, 7) is 3.17. The quantitative estimate of drug-likeness (QED) is 0.314. The lowest BCUT2D eigenvalue weighted by molar-refractivity contribution is 0.656. The Hall–Kier alpha value is -2.41. The number of nitrogens with two attached hydrogens (primary N) is 1. The van der Waals surface area contributed by atoms with Gasteiger partial charge < -0.3 is 16.4 Å². The van der Waals surface area contributed by atoms with Crippen LogP contribution < -0.4 is 16.4 Å². The number of rotatable bonds is 9. The van der Waals surface area contributed by atoms with Crippen LogP contribution in [-0.4, -0.2) is 23.8 Å². The average Bonchev–Trinajstić information content (AvgIpc) is 3.02. The number of hydrogen-bond donors (Lipinski definition) is 4. The number of thiazole rings is 1. The van der Waals surface area contributed by atoms with Crippen molar-refractivity contribution < 1.29 is 0 Å². The summed E-state index contributed by atoms with van der Waals surface area (Å²) >= 11 is 1.42. The lowest BCUT2D eigenvalue weighted by Gasteiger charge is -2.01. The summed E-state index contributed by atoms with van der Waals surface area (Å²) in [7, 11) is 0. The summed E-state index contributed by atoms with van der Waals surface area (Å²) in [5, 5.41) is 15.7. The Morgan fingerprint density at radius 3 is 3.04 bits per heavy atom. The smallest absolute Gasteiger partial charge is 0.192 e. The Labute approximate surface area is 146 Å². The Balaban J connectivity index is 1.91. The molecule has 5 N–H and O–H groups in total. The molecular weight excluding hydrogens is 320 g/mol. The molecular formula is C17H24N6S. The molecule has 7 heteroatoms. The topological polar surface area (TPSA) is 99.2 Å². The van der Waals surface area contributed by atoms with E-state index in [-0.39, 0.29) is 5.96 Å². The minimum absolute atomic E-state index is 0.112. The van der Waals surface area contributed by atoms with E-state index in [1.54, 1.807) is 6.34 Å². The van der Waals surface area contributed by atoms with Gasteiger partial charge in [-0.25, -0.2) is 9.98 Å². The van der Waals surface area contributed by atoms with Crippen LogP contribution in [0.15, 0.2) is 34.6 Å². The average molecular weight is 344 g/mol. The fourth-order valence-corrected chi connectivity index (χ4v) is 2.90. The van der Waals surface area contributed by atoms with E-state index in [0.29, 0.717) is 5.13 Å². The van der Waals surface area contributed by atoms with Gasteiger partial charge in [-0.2, -0.15) is 0 Å². The molecule has 1 aromatic carbocycles. The van der Waals surface area contributed by atoms with E-state index >= 15 is 0 Å². The van der Waals surface area contributed by atoms with Crippen molar-refractivity contribution >= 4 is 34.5 Å². The zero-order valence-electron chi connectivity index (χ0n) is 13.9. The monoisotopic (exact) mass is 344 g/mol. The lowest BCUT2D eigenvalue weighted by atomic mass is 10.1. The third-order valence-corrected chi connectivity index (χ3v) is 4.13. The van der Waals surface area contributed by atoms with Crippen LogP contribution in [0, 0.1) is 5.41 Å². The van der Waals surface area contributed by atoms with Crippen LogP contribution in [0.5, 0.6) is 0 Å². The fraction of sp³-hybridized carbons (Fsp3) is 0.353. The van der Waals surface area contributed by atoms with E-state index in [4.69, 9.17) is 11.1 Å². The highest BCUT2D eigenvalue weighted by Crippen LogP contribution is 2.27. The Kier molecular flexibility index (Phi) is 7.22. The molecule has 0 aliphatic carbocycles. The van der Waals surface area contributed by atoms with Crippen molar-refractivity contribution in [3.63, 3.8) is 0 Å². The van der Waals surface area contributed by atoms with Gasteiger partial charge in [-0.3, -0.25) is 5.41 Å². The number of guanidine groups is 1. The highest BCUT2D eigenvalue weighted by atomic mass is 32.1. The standard InChI is InChI=1S/C17H24N6S/c1-2-3-4-5-9-20-12-21-14-8-6-7-13(10-14)15-11-24-17(22-15)23-16(18)19/h6-8,10-12H,2-5,9H2,1H3,(H,20,21)(H4,18,19,22,23). The molecule has 128 valence electrons. The molecule has 6 nitrogen and oxygen atoms in total. The predicted molar refractivity (Wildman–Crippen MR) is 103 cm³/mol. The summed E-state index contributed by atoms with van der Waals surface area (Å²) in [6.07, 6.45) is 6.73. The van der Waals surface area contributed by atoms with Gasteiger partial charge in [0, 0.05) is 17.5 Å². The fourth-order valence-electron chi connectivity index (χ4n) is 2.16. The normalized spacial score (nSPS) is 10.9. The first-order chi connectivity index (χ1) is 11.7. The first kappa shape index (κ1) is 17.9. The molecule has 0 aliphatic rings. The third kappa shape index (κ3) is 6.00. The van der Waals surface area contributed by atoms with Crippen LogP contribution in [0.1, 0.15) is 32.6 Å². The first-order valence-electron chi connectivity index (χ1n) is 8.12. The molecule has 0 spiro atoms. The van der Waals surface area contributed by atoms with Gasteiger partial charge in [0.2, 0.25) is 0 Å². The molecule has 1 heterocycles. The zero-order valence-corrected chi connectivity index (χ0v) is 14.7. The number of nitrogens with one attached hydrogen (secondary N) is 3. The molecule has 0 saturated heterocycles. The van der Waals surface area contributed by atoms with Crippen molar-refractivity contribution in [2.24, 2.45) is 10.7 Å². The molecule has 2 rings (SSSR count). The van der Waals surface area contributed by atoms with Gasteiger partial charge in [0.25, 0.3) is 0 Å². The highest BCUT2D eigenvalue weighted by Gasteiger charge is 2.05. The number of hydrogen-bond acceptors (Lipinski definition) is 4. The minimum Gasteiger partial charge on any atom is -0.376 e. The third-order valence-electron chi connectivity index (χ3n) is 3.37. The van der Waals surface area contributed by atoms with E-state index in [1.807, 2.05) is 29.6 Å². The molecule has 0 radical (unpaired) electrons. The van der Waals surface area contributed by atoms with Crippen molar-refractivity contribution in [1.29, 1.82) is 5.41 Å². The second-order valence-corrected chi connectivity index (χ2v) is 6.26. The maximum atomic E-state index is 7.23. The molecule has 0 saturated carbocycles. The van der Waals surface area contributed by atoms with Crippen LogP contribution >= 0.6 is 11.3 Å². The highest BCUT2D eigenvalue weighted by molar-refractivity contribution is 7.14. The molecule has 1 aromatic heterocycles. The summed E-state index contributed by atoms with van der Waals surface area (Å²) in [5.74, 6) is -0.112. The summed E-state index contributed by atoms with van der Waals surface area (Å²) in [6, 6.07) is 7.90. The lowest BCUT2D eigenvalue weighted by Crippen LogP contribution is -2.20. The number of aromatic nitrogens is 1. The van der Waals surface area contributed by atoms with E-state index in [0.717, 1.165) is 23.5 Å². The number of benzene rings is 1. The summed E-state index contributed by atoms with van der Waals surface area (Å²) < 4.78 is 0. The Morgan fingerprint density at radius 1 is 1.38 bits per heavy atom. The number of anilines is 1. The second kappa shape index (κ2) is 9.67. The first-order valence-corrected chi connectivity index (χ1v) is 9.00. The van der Waals surface area contributed by atoms with Gasteiger partial charge in [0.05, 0.1) is 17.7 Å². The van der Waals surface area contributed by atoms with Crippen LogP contribution in [0.2, 0.25) is 0 Å². The maximum Gasteiger partial charge on any atom is 0.192 e. The Bertz CT molecular complexity index is 679. The molecule has 2 aromatic rings. The number of unbranched alkanes of at least 4 members (excludes halogenated alkanes) is 3. The SMILES string of the molecule is CCCCCCN/C=N\c1cccc(-c2csc(NC(=N)N)n2)c1. The van der Waals surface area contributed by atoms with Crippen LogP contribution in [0.4, 0.5) is 10.8 Å². The number of nitrogens with zero attached hydrogens (tertiary/aromatic N) is 2. The molecule has 0 aliphatic heterocycles.